The summed E-state index contributed by atoms with van der Waals surface area (Å²) in [6.45, 7) is 0.248. The number of thioether (sulfide) groups is 1. The van der Waals surface area contributed by atoms with Crippen molar-refractivity contribution in [1.82, 2.24) is 5.32 Å². The Kier molecular flexibility index (Phi) is 4.18. The topological polar surface area (TPSA) is 32.3 Å². The van der Waals surface area contributed by atoms with Crippen molar-refractivity contribution in [3.8, 4) is 0 Å². The molecule has 1 aliphatic heterocycles. The van der Waals surface area contributed by atoms with E-state index in [2.05, 4.69) is 29.6 Å². The van der Waals surface area contributed by atoms with Gasteiger partial charge in [-0.2, -0.15) is 0 Å². The third-order valence-corrected chi connectivity index (χ3v) is 5.19. The van der Waals surface area contributed by atoms with Crippen molar-refractivity contribution >= 4 is 23.4 Å². The van der Waals surface area contributed by atoms with Crippen LogP contribution in [0.3, 0.4) is 0 Å². The Balaban J connectivity index is 1.73. The lowest BCUT2D eigenvalue weighted by molar-refractivity contribution is 0.244. The number of fused-ring (bicyclic) bond motifs is 1. The minimum Gasteiger partial charge on any atom is -0.396 e. The van der Waals surface area contributed by atoms with E-state index in [-0.39, 0.29) is 6.61 Å². The van der Waals surface area contributed by atoms with Gasteiger partial charge in [-0.3, -0.25) is 0 Å². The van der Waals surface area contributed by atoms with Gasteiger partial charge in [-0.1, -0.05) is 23.8 Å². The van der Waals surface area contributed by atoms with Crippen LogP contribution in [0, 0.1) is 5.92 Å². The fourth-order valence-corrected chi connectivity index (χ4v) is 4.12. The third-order valence-electron chi connectivity index (χ3n) is 3.83. The number of aliphatic hydroxyl groups is 1. The van der Waals surface area contributed by atoms with E-state index < -0.39 is 0 Å². The molecule has 0 unspecified atom stereocenters. The summed E-state index contributed by atoms with van der Waals surface area (Å²) in [6, 6.07) is 6.92. The molecule has 3 atom stereocenters. The highest BCUT2D eigenvalue weighted by Crippen LogP contribution is 2.38. The molecule has 0 saturated carbocycles. The summed E-state index contributed by atoms with van der Waals surface area (Å²) in [6.07, 6.45) is 6.43. The van der Waals surface area contributed by atoms with E-state index in [4.69, 9.17) is 11.6 Å². The number of hydrogen-bond acceptors (Lipinski definition) is 3. The van der Waals surface area contributed by atoms with Gasteiger partial charge in [0.2, 0.25) is 0 Å². The van der Waals surface area contributed by atoms with Gasteiger partial charge in [0.25, 0.3) is 0 Å². The molecule has 19 heavy (non-hydrogen) atoms. The number of nitrogens with one attached hydrogen (secondary N) is 1. The highest BCUT2D eigenvalue weighted by Gasteiger charge is 2.25. The Morgan fingerprint density at radius 1 is 1.37 bits per heavy atom. The van der Waals surface area contributed by atoms with Gasteiger partial charge >= 0.3 is 0 Å². The zero-order valence-electron chi connectivity index (χ0n) is 10.7. The Labute approximate surface area is 123 Å². The summed E-state index contributed by atoms with van der Waals surface area (Å²) < 4.78 is 0. The Morgan fingerprint density at radius 2 is 2.26 bits per heavy atom. The highest BCUT2D eigenvalue weighted by molar-refractivity contribution is 7.99. The largest absolute Gasteiger partial charge is 0.396 e. The molecule has 0 aromatic heterocycles. The fourth-order valence-electron chi connectivity index (χ4n) is 2.83. The SMILES string of the molecule is OC[C@H]1C=C[C@@H](N[C@@H]2CCSc3ccc(Cl)cc32)C1. The number of halogens is 1. The molecule has 2 N–H and O–H groups in total. The number of rotatable bonds is 3. The standard InChI is InChI=1S/C15H18ClNOS/c16-11-2-4-15-13(8-11)14(5-6-19-15)17-12-3-1-10(7-12)9-18/h1-4,8,10,12,14,17-18H,5-7,9H2/t10-,12+,14+/m0/s1. The summed E-state index contributed by atoms with van der Waals surface area (Å²) in [7, 11) is 0. The van der Waals surface area contributed by atoms with Crippen molar-refractivity contribution in [3.05, 3.63) is 40.9 Å². The molecule has 0 bridgehead atoms. The summed E-state index contributed by atoms with van der Waals surface area (Å²) in [5.41, 5.74) is 1.32. The maximum Gasteiger partial charge on any atom is 0.0494 e. The van der Waals surface area contributed by atoms with Crippen LogP contribution in [-0.2, 0) is 0 Å². The van der Waals surface area contributed by atoms with Gasteiger partial charge in [0.1, 0.15) is 0 Å². The quantitative estimate of drug-likeness (QED) is 0.838. The molecule has 1 aliphatic carbocycles. The smallest absolute Gasteiger partial charge is 0.0494 e. The van der Waals surface area contributed by atoms with Crippen LogP contribution < -0.4 is 5.32 Å². The van der Waals surface area contributed by atoms with Crippen LogP contribution in [0.25, 0.3) is 0 Å². The van der Waals surface area contributed by atoms with Gasteiger partial charge < -0.3 is 10.4 Å². The van der Waals surface area contributed by atoms with Crippen molar-refractivity contribution in [2.24, 2.45) is 5.92 Å². The Bertz CT molecular complexity index is 491. The number of hydrogen-bond donors (Lipinski definition) is 2. The van der Waals surface area contributed by atoms with Crippen LogP contribution in [0.5, 0.6) is 0 Å². The zero-order chi connectivity index (χ0) is 13.2. The van der Waals surface area contributed by atoms with Crippen molar-refractivity contribution in [2.45, 2.75) is 29.8 Å². The van der Waals surface area contributed by atoms with Crippen molar-refractivity contribution in [1.29, 1.82) is 0 Å². The van der Waals surface area contributed by atoms with Gasteiger partial charge in [0, 0.05) is 34.5 Å². The minimum absolute atomic E-state index is 0.248. The summed E-state index contributed by atoms with van der Waals surface area (Å²) >= 11 is 8.03. The van der Waals surface area contributed by atoms with Gasteiger partial charge in [0.05, 0.1) is 0 Å². The van der Waals surface area contributed by atoms with Gasteiger partial charge in [-0.25, -0.2) is 0 Å². The molecule has 0 spiro atoms. The normalized spacial score (nSPS) is 29.5. The van der Waals surface area contributed by atoms with E-state index >= 15 is 0 Å². The van der Waals surface area contributed by atoms with Crippen LogP contribution >= 0.6 is 23.4 Å². The molecule has 1 heterocycles. The molecule has 0 fully saturated rings. The molecule has 3 rings (SSSR count). The third kappa shape index (κ3) is 3.00. The summed E-state index contributed by atoms with van der Waals surface area (Å²) in [4.78, 5) is 1.34. The first kappa shape index (κ1) is 13.5. The molecule has 102 valence electrons. The van der Waals surface area contributed by atoms with E-state index in [1.807, 2.05) is 17.8 Å². The van der Waals surface area contributed by atoms with Crippen LogP contribution in [0.1, 0.15) is 24.4 Å². The molecular weight excluding hydrogens is 278 g/mol. The highest BCUT2D eigenvalue weighted by atomic mass is 35.5. The number of aliphatic hydroxyl groups excluding tert-OH is 1. The maximum atomic E-state index is 9.18. The fraction of sp³-hybridized carbons (Fsp3) is 0.467. The van der Waals surface area contributed by atoms with E-state index in [1.165, 1.54) is 10.5 Å². The molecule has 2 aliphatic rings. The summed E-state index contributed by atoms with van der Waals surface area (Å²) in [5, 5.41) is 13.7. The Morgan fingerprint density at radius 3 is 3.05 bits per heavy atom. The predicted octanol–water partition coefficient (Wildman–Crippen LogP) is 3.40. The average Bonchev–Trinajstić information content (AvgIpc) is 2.87. The van der Waals surface area contributed by atoms with E-state index in [9.17, 15) is 5.11 Å². The van der Waals surface area contributed by atoms with Crippen LogP contribution in [-0.4, -0.2) is 23.5 Å². The summed E-state index contributed by atoms with van der Waals surface area (Å²) in [5.74, 6) is 1.46. The van der Waals surface area contributed by atoms with Crippen LogP contribution in [0.2, 0.25) is 5.02 Å². The second kappa shape index (κ2) is 5.88. The van der Waals surface area contributed by atoms with Gasteiger partial charge in [-0.05, 0) is 42.4 Å². The second-order valence-corrected chi connectivity index (χ2v) is 6.78. The first-order chi connectivity index (χ1) is 9.26. The lowest BCUT2D eigenvalue weighted by Gasteiger charge is -2.28. The predicted molar refractivity (Wildman–Crippen MR) is 80.8 cm³/mol. The maximum absolute atomic E-state index is 9.18. The molecule has 0 radical (unpaired) electrons. The van der Waals surface area contributed by atoms with E-state index in [0.717, 1.165) is 23.6 Å². The van der Waals surface area contributed by atoms with Gasteiger partial charge in [0.15, 0.2) is 0 Å². The molecule has 0 saturated heterocycles. The lowest BCUT2D eigenvalue weighted by atomic mass is 10.0. The Hall–Kier alpha value is -0.480. The van der Waals surface area contributed by atoms with Gasteiger partial charge in [-0.15, -0.1) is 11.8 Å². The monoisotopic (exact) mass is 295 g/mol. The minimum atomic E-state index is 0.248. The first-order valence-corrected chi connectivity index (χ1v) is 8.10. The molecule has 0 amide bonds. The molecule has 2 nitrogen and oxygen atoms in total. The first-order valence-electron chi connectivity index (χ1n) is 6.74. The average molecular weight is 296 g/mol. The second-order valence-electron chi connectivity index (χ2n) is 5.21. The van der Waals surface area contributed by atoms with Crippen LogP contribution in [0.4, 0.5) is 0 Å². The van der Waals surface area contributed by atoms with Crippen molar-refractivity contribution in [2.75, 3.05) is 12.4 Å². The van der Waals surface area contributed by atoms with E-state index in [1.54, 1.807) is 0 Å². The lowest BCUT2D eigenvalue weighted by Crippen LogP contribution is -2.32. The molecule has 1 aromatic rings. The number of benzene rings is 1. The van der Waals surface area contributed by atoms with E-state index in [0.29, 0.717) is 18.0 Å². The molecular formula is C15H18ClNOS. The van der Waals surface area contributed by atoms with Crippen molar-refractivity contribution in [3.63, 3.8) is 0 Å². The molecule has 4 heteroatoms. The molecule has 1 aromatic carbocycles. The zero-order valence-corrected chi connectivity index (χ0v) is 12.3. The van der Waals surface area contributed by atoms with Crippen LogP contribution in [0.15, 0.2) is 35.2 Å². The van der Waals surface area contributed by atoms with Crippen molar-refractivity contribution < 1.29 is 5.11 Å².